The largest absolute Gasteiger partial charge is 0.338 e. The smallest absolute Gasteiger partial charge is 0.245 e. The molecule has 0 aliphatic carbocycles. The van der Waals surface area contributed by atoms with Gasteiger partial charge in [-0.05, 0) is 25.3 Å². The highest BCUT2D eigenvalue weighted by Gasteiger charge is 2.35. The molecule has 2 saturated heterocycles. The van der Waals surface area contributed by atoms with Crippen LogP contribution in [0.3, 0.4) is 0 Å². The number of fused-ring (bicyclic) bond motifs is 1. The Kier molecular flexibility index (Phi) is 2.73. The van der Waals surface area contributed by atoms with Gasteiger partial charge in [-0.3, -0.25) is 5.10 Å². The van der Waals surface area contributed by atoms with Crippen molar-refractivity contribution in [3.05, 3.63) is 10.9 Å². The van der Waals surface area contributed by atoms with Gasteiger partial charge in [-0.25, -0.2) is 4.98 Å². The summed E-state index contributed by atoms with van der Waals surface area (Å²) < 4.78 is 0. The fourth-order valence-electron chi connectivity index (χ4n) is 3.05. The lowest BCUT2D eigenvalue weighted by molar-refractivity contribution is 0.340. The molecule has 2 unspecified atom stereocenters. The fourth-order valence-corrected chi connectivity index (χ4v) is 3.59. The van der Waals surface area contributed by atoms with Gasteiger partial charge in [0, 0.05) is 24.5 Å². The Hall–Kier alpha value is -1.47. The molecule has 2 atom stereocenters. The quantitative estimate of drug-likeness (QED) is 0.860. The lowest BCUT2D eigenvalue weighted by Crippen LogP contribution is -2.40. The van der Waals surface area contributed by atoms with Crippen LogP contribution in [0.25, 0.3) is 11.5 Å². The van der Waals surface area contributed by atoms with Gasteiger partial charge in [0.2, 0.25) is 5.95 Å². The van der Waals surface area contributed by atoms with Gasteiger partial charge in [-0.2, -0.15) is 4.98 Å². The van der Waals surface area contributed by atoms with Gasteiger partial charge in [-0.15, -0.1) is 16.4 Å². The Balaban J connectivity index is 1.54. The normalized spacial score (nSPS) is 26.6. The summed E-state index contributed by atoms with van der Waals surface area (Å²) in [5, 5.41) is 12.9. The highest BCUT2D eigenvalue weighted by Crippen LogP contribution is 2.28. The van der Waals surface area contributed by atoms with Crippen LogP contribution < -0.4 is 10.2 Å². The molecule has 0 radical (unpaired) electrons. The van der Waals surface area contributed by atoms with E-state index in [1.165, 1.54) is 12.8 Å². The van der Waals surface area contributed by atoms with Crippen LogP contribution in [0.5, 0.6) is 0 Å². The van der Waals surface area contributed by atoms with Crippen molar-refractivity contribution in [1.82, 2.24) is 25.5 Å². The van der Waals surface area contributed by atoms with E-state index in [-0.39, 0.29) is 0 Å². The summed E-state index contributed by atoms with van der Waals surface area (Å²) in [7, 11) is 0. The molecule has 2 aliphatic heterocycles. The van der Waals surface area contributed by atoms with Crippen molar-refractivity contribution < 1.29 is 0 Å². The molecule has 0 amide bonds. The number of aromatic amines is 1. The van der Waals surface area contributed by atoms with Gasteiger partial charge in [0.1, 0.15) is 5.69 Å². The monoisotopic (exact) mass is 276 g/mol. The van der Waals surface area contributed by atoms with Crippen LogP contribution in [0.2, 0.25) is 0 Å². The zero-order chi connectivity index (χ0) is 12.7. The molecule has 7 heteroatoms. The SMILES string of the molecule is c1nc(-c2nc(N3CC4CCCNC4C3)n[nH]2)cs1. The third-order valence-electron chi connectivity index (χ3n) is 4.03. The van der Waals surface area contributed by atoms with Crippen LogP contribution in [0.4, 0.5) is 5.95 Å². The molecule has 4 heterocycles. The van der Waals surface area contributed by atoms with Crippen LogP contribution in [-0.4, -0.2) is 45.8 Å². The average Bonchev–Trinajstić information content (AvgIpc) is 3.17. The minimum absolute atomic E-state index is 0.606. The zero-order valence-corrected chi connectivity index (χ0v) is 11.4. The second-order valence-corrected chi connectivity index (χ2v) is 5.94. The van der Waals surface area contributed by atoms with E-state index >= 15 is 0 Å². The number of hydrogen-bond donors (Lipinski definition) is 2. The van der Waals surface area contributed by atoms with E-state index in [1.807, 2.05) is 10.9 Å². The van der Waals surface area contributed by atoms with E-state index in [0.717, 1.165) is 43.0 Å². The van der Waals surface area contributed by atoms with Crippen molar-refractivity contribution in [1.29, 1.82) is 0 Å². The van der Waals surface area contributed by atoms with Gasteiger partial charge in [0.05, 0.1) is 5.51 Å². The summed E-state index contributed by atoms with van der Waals surface area (Å²) in [5.41, 5.74) is 2.68. The molecule has 0 bridgehead atoms. The van der Waals surface area contributed by atoms with Crippen molar-refractivity contribution in [2.75, 3.05) is 24.5 Å². The lowest BCUT2D eigenvalue weighted by atomic mass is 9.94. The fraction of sp³-hybridized carbons (Fsp3) is 0.583. The predicted octanol–water partition coefficient (Wildman–Crippen LogP) is 1.12. The first-order valence-corrected chi connectivity index (χ1v) is 7.64. The number of piperidine rings is 1. The summed E-state index contributed by atoms with van der Waals surface area (Å²) in [4.78, 5) is 11.1. The minimum atomic E-state index is 0.606. The number of nitrogens with one attached hydrogen (secondary N) is 2. The molecular weight excluding hydrogens is 260 g/mol. The first-order chi connectivity index (χ1) is 9.40. The minimum Gasteiger partial charge on any atom is -0.338 e. The van der Waals surface area contributed by atoms with Crippen LogP contribution in [0.1, 0.15) is 12.8 Å². The Morgan fingerprint density at radius 3 is 3.21 bits per heavy atom. The van der Waals surface area contributed by atoms with Gasteiger partial charge < -0.3 is 10.2 Å². The van der Waals surface area contributed by atoms with Crippen LogP contribution in [-0.2, 0) is 0 Å². The van der Waals surface area contributed by atoms with E-state index in [1.54, 1.807) is 11.3 Å². The predicted molar refractivity (Wildman–Crippen MR) is 74.2 cm³/mol. The van der Waals surface area contributed by atoms with Crippen molar-refractivity contribution in [3.63, 3.8) is 0 Å². The van der Waals surface area contributed by atoms with E-state index < -0.39 is 0 Å². The van der Waals surface area contributed by atoms with Crippen LogP contribution in [0.15, 0.2) is 10.9 Å². The number of aromatic nitrogens is 4. The number of rotatable bonds is 2. The Labute approximate surface area is 115 Å². The van der Waals surface area contributed by atoms with E-state index in [2.05, 4.69) is 30.4 Å². The molecule has 0 spiro atoms. The van der Waals surface area contributed by atoms with Crippen molar-refractivity contribution in [2.24, 2.45) is 5.92 Å². The molecule has 100 valence electrons. The Morgan fingerprint density at radius 1 is 1.37 bits per heavy atom. The summed E-state index contributed by atoms with van der Waals surface area (Å²) in [5.74, 6) is 2.31. The number of thiazole rings is 1. The Bertz CT molecular complexity index is 536. The molecule has 4 rings (SSSR count). The summed E-state index contributed by atoms with van der Waals surface area (Å²) >= 11 is 1.57. The average molecular weight is 276 g/mol. The highest BCUT2D eigenvalue weighted by molar-refractivity contribution is 7.07. The molecule has 0 aromatic carbocycles. The maximum atomic E-state index is 4.57. The van der Waals surface area contributed by atoms with Crippen LogP contribution >= 0.6 is 11.3 Å². The second kappa shape index (κ2) is 4.57. The first kappa shape index (κ1) is 11.4. The van der Waals surface area contributed by atoms with Crippen molar-refractivity contribution in [3.8, 4) is 11.5 Å². The lowest BCUT2D eigenvalue weighted by Gasteiger charge is -2.24. The summed E-state index contributed by atoms with van der Waals surface area (Å²) in [6.07, 6.45) is 2.60. The summed E-state index contributed by atoms with van der Waals surface area (Å²) in [6.45, 7) is 3.22. The third-order valence-corrected chi connectivity index (χ3v) is 4.62. The van der Waals surface area contributed by atoms with Crippen LogP contribution in [0, 0.1) is 5.92 Å². The maximum absolute atomic E-state index is 4.57. The van der Waals surface area contributed by atoms with E-state index in [4.69, 9.17) is 0 Å². The van der Waals surface area contributed by atoms with Crippen molar-refractivity contribution >= 4 is 17.3 Å². The summed E-state index contributed by atoms with van der Waals surface area (Å²) in [6, 6.07) is 0.606. The number of hydrogen-bond acceptors (Lipinski definition) is 6. The molecule has 2 N–H and O–H groups in total. The number of H-pyrrole nitrogens is 1. The molecule has 2 aromatic rings. The molecule has 6 nitrogen and oxygen atoms in total. The third kappa shape index (κ3) is 2.02. The van der Waals surface area contributed by atoms with E-state index in [9.17, 15) is 0 Å². The zero-order valence-electron chi connectivity index (χ0n) is 10.5. The van der Waals surface area contributed by atoms with Gasteiger partial charge in [0.15, 0.2) is 5.82 Å². The second-order valence-electron chi connectivity index (χ2n) is 5.23. The van der Waals surface area contributed by atoms with Gasteiger partial charge >= 0.3 is 0 Å². The molecule has 0 saturated carbocycles. The maximum Gasteiger partial charge on any atom is 0.245 e. The Morgan fingerprint density at radius 2 is 2.37 bits per heavy atom. The molecular formula is C12H16N6S. The highest BCUT2D eigenvalue weighted by atomic mass is 32.1. The van der Waals surface area contributed by atoms with Crippen molar-refractivity contribution in [2.45, 2.75) is 18.9 Å². The van der Waals surface area contributed by atoms with Gasteiger partial charge in [0.25, 0.3) is 0 Å². The number of anilines is 1. The van der Waals surface area contributed by atoms with Gasteiger partial charge in [-0.1, -0.05) is 0 Å². The molecule has 19 heavy (non-hydrogen) atoms. The molecule has 2 aliphatic rings. The topological polar surface area (TPSA) is 69.7 Å². The first-order valence-electron chi connectivity index (χ1n) is 6.69. The van der Waals surface area contributed by atoms with E-state index in [0.29, 0.717) is 6.04 Å². The molecule has 2 fully saturated rings. The standard InChI is InChI=1S/C12H16N6S/c1-2-8-4-18(5-9(8)13-3-1)12-15-11(16-17-12)10-6-19-7-14-10/h6-9,13H,1-5H2,(H,15,16,17). The molecule has 2 aromatic heterocycles. The number of nitrogens with zero attached hydrogens (tertiary/aromatic N) is 4.